The first-order valence-corrected chi connectivity index (χ1v) is 10.8. The van der Waals surface area contributed by atoms with Crippen molar-refractivity contribution in [3.05, 3.63) is 35.5 Å². The van der Waals surface area contributed by atoms with Crippen molar-refractivity contribution in [2.45, 2.75) is 72.1 Å². The van der Waals surface area contributed by atoms with Gasteiger partial charge in [-0.2, -0.15) is 0 Å². The van der Waals surface area contributed by atoms with E-state index < -0.39 is 17.6 Å². The van der Waals surface area contributed by atoms with E-state index in [0.29, 0.717) is 18.8 Å². The van der Waals surface area contributed by atoms with Crippen molar-refractivity contribution < 1.29 is 19.8 Å². The number of nitrogens with one attached hydrogen (secondary N) is 1. The molecule has 3 N–H and O–H groups in total. The first kappa shape index (κ1) is 22.0. The molecule has 1 amide bonds. The maximum Gasteiger partial charge on any atom is 0.235 e. The van der Waals surface area contributed by atoms with Crippen LogP contribution in [0.15, 0.2) is 35.5 Å². The fraction of sp³-hybridized carbons (Fsp3) is 0.667. The summed E-state index contributed by atoms with van der Waals surface area (Å²) in [5.74, 6) is -0.455. The van der Waals surface area contributed by atoms with Crippen molar-refractivity contribution in [2.75, 3.05) is 0 Å². The number of amides is 1. The van der Waals surface area contributed by atoms with Crippen LogP contribution in [-0.4, -0.2) is 40.2 Å². The molecular weight excluding hydrogens is 366 g/mol. The number of aliphatic hydroxyl groups is 2. The minimum absolute atomic E-state index is 0.0599. The van der Waals surface area contributed by atoms with Gasteiger partial charge in [-0.05, 0) is 51.0 Å². The fourth-order valence-electron chi connectivity index (χ4n) is 5.53. The van der Waals surface area contributed by atoms with Crippen LogP contribution >= 0.6 is 0 Å². The molecule has 1 heterocycles. The molecule has 160 valence electrons. The fourth-order valence-corrected chi connectivity index (χ4v) is 5.53. The zero-order valence-electron chi connectivity index (χ0n) is 18.2. The first-order chi connectivity index (χ1) is 13.6. The molecule has 1 spiro atoms. The lowest BCUT2D eigenvalue weighted by atomic mass is 9.55. The molecule has 3 rings (SSSR count). The number of rotatable bonds is 2. The topological polar surface area (TPSA) is 86.6 Å². The van der Waals surface area contributed by atoms with Gasteiger partial charge in [-0.1, -0.05) is 50.1 Å². The van der Waals surface area contributed by atoms with Crippen LogP contribution in [0.25, 0.3) is 0 Å². The number of carbonyl (C=O) groups is 2. The zero-order chi connectivity index (χ0) is 21.5. The Kier molecular flexibility index (Phi) is 6.21. The number of allylic oxidation sites excluding steroid dienone is 5. The summed E-state index contributed by atoms with van der Waals surface area (Å²) in [6.07, 6.45) is 6.60. The summed E-state index contributed by atoms with van der Waals surface area (Å²) >= 11 is 0. The molecule has 3 aliphatic rings. The zero-order valence-corrected chi connectivity index (χ0v) is 18.2. The Hall–Kier alpha value is -1.72. The summed E-state index contributed by atoms with van der Waals surface area (Å²) in [6.45, 7) is 10.4. The van der Waals surface area contributed by atoms with Gasteiger partial charge in [-0.15, -0.1) is 0 Å². The molecule has 2 aliphatic carbocycles. The van der Waals surface area contributed by atoms with E-state index in [9.17, 15) is 19.8 Å². The van der Waals surface area contributed by atoms with Crippen molar-refractivity contribution in [1.82, 2.24) is 5.32 Å². The highest BCUT2D eigenvalue weighted by Gasteiger charge is 2.64. The van der Waals surface area contributed by atoms with Crippen LogP contribution in [0.2, 0.25) is 0 Å². The maximum atomic E-state index is 13.6. The lowest BCUT2D eigenvalue weighted by Gasteiger charge is -2.44. The summed E-state index contributed by atoms with van der Waals surface area (Å²) in [5, 5.41) is 23.6. The van der Waals surface area contributed by atoms with E-state index in [0.717, 1.165) is 12.0 Å². The summed E-state index contributed by atoms with van der Waals surface area (Å²) in [4.78, 5) is 27.1. The summed E-state index contributed by atoms with van der Waals surface area (Å²) in [6, 6.07) is -0.0599. The summed E-state index contributed by atoms with van der Waals surface area (Å²) in [5.41, 5.74) is 1.02. The SMILES string of the molecule is CC1=C[C@@H]2/C=C(/C)CC[C@H](O)[C@H](O)/C=C/C(=O)[C@]23C(=O)N[C@H](CC(C)C)[C@H]3[C@@H]1C. The second-order valence-corrected chi connectivity index (χ2v) is 9.66. The van der Waals surface area contributed by atoms with E-state index in [1.165, 1.54) is 17.7 Å². The lowest BCUT2D eigenvalue weighted by molar-refractivity contribution is -0.142. The minimum atomic E-state index is -1.20. The van der Waals surface area contributed by atoms with Crippen molar-refractivity contribution in [3.63, 3.8) is 0 Å². The molecule has 0 radical (unpaired) electrons. The smallest absolute Gasteiger partial charge is 0.235 e. The Balaban J connectivity index is 2.20. The third kappa shape index (κ3) is 3.75. The van der Waals surface area contributed by atoms with Crippen molar-refractivity contribution in [3.8, 4) is 0 Å². The van der Waals surface area contributed by atoms with Gasteiger partial charge in [0.05, 0.1) is 12.2 Å². The van der Waals surface area contributed by atoms with Gasteiger partial charge in [0, 0.05) is 17.9 Å². The van der Waals surface area contributed by atoms with Gasteiger partial charge in [0.15, 0.2) is 5.78 Å². The van der Waals surface area contributed by atoms with Crippen LogP contribution in [-0.2, 0) is 9.59 Å². The minimum Gasteiger partial charge on any atom is -0.390 e. The molecule has 0 saturated carbocycles. The molecular formula is C24H35NO4. The molecule has 7 atom stereocenters. The van der Waals surface area contributed by atoms with Gasteiger partial charge >= 0.3 is 0 Å². The average molecular weight is 402 g/mol. The third-order valence-corrected chi connectivity index (χ3v) is 7.15. The Morgan fingerprint density at radius 2 is 1.90 bits per heavy atom. The lowest BCUT2D eigenvalue weighted by Crippen LogP contribution is -2.51. The highest BCUT2D eigenvalue weighted by atomic mass is 16.3. The third-order valence-electron chi connectivity index (χ3n) is 7.15. The summed E-state index contributed by atoms with van der Waals surface area (Å²) < 4.78 is 0. The molecule has 0 unspecified atom stereocenters. The predicted molar refractivity (Wildman–Crippen MR) is 113 cm³/mol. The molecule has 1 aliphatic heterocycles. The van der Waals surface area contributed by atoms with Gasteiger partial charge < -0.3 is 15.5 Å². The summed E-state index contributed by atoms with van der Waals surface area (Å²) in [7, 11) is 0. The normalized spacial score (nSPS) is 43.4. The highest BCUT2D eigenvalue weighted by molar-refractivity contribution is 6.13. The Morgan fingerprint density at radius 3 is 2.55 bits per heavy atom. The Bertz CT molecular complexity index is 765. The molecule has 1 saturated heterocycles. The van der Waals surface area contributed by atoms with E-state index in [1.54, 1.807) is 0 Å². The van der Waals surface area contributed by atoms with Crippen LogP contribution in [0.5, 0.6) is 0 Å². The van der Waals surface area contributed by atoms with Gasteiger partial charge in [0.25, 0.3) is 0 Å². The van der Waals surface area contributed by atoms with E-state index >= 15 is 0 Å². The van der Waals surface area contributed by atoms with Gasteiger partial charge in [0.1, 0.15) is 5.41 Å². The standard InChI is InChI=1S/C24H35NO4/c1-13(2)10-18-22-16(5)15(4)12-17-11-14(3)6-7-19(26)20(27)8-9-21(28)24(17,22)23(29)25-18/h8-9,11-13,16-20,22,26-27H,6-7,10H2,1-5H3,(H,25,29)/b9-8+,14-11-/t16-,17+,18-,19+,20-,22-,24-/m1/s1. The Labute approximate surface area is 174 Å². The van der Waals surface area contributed by atoms with E-state index in [2.05, 4.69) is 39.1 Å². The number of carbonyl (C=O) groups excluding carboxylic acids is 2. The quantitative estimate of drug-likeness (QED) is 0.490. The molecule has 0 aromatic carbocycles. The van der Waals surface area contributed by atoms with Crippen molar-refractivity contribution in [1.29, 1.82) is 0 Å². The largest absolute Gasteiger partial charge is 0.390 e. The predicted octanol–water partition coefficient (Wildman–Crippen LogP) is 2.93. The second kappa shape index (κ2) is 8.19. The maximum absolute atomic E-state index is 13.6. The highest BCUT2D eigenvalue weighted by Crippen LogP contribution is 2.55. The van der Waals surface area contributed by atoms with Crippen LogP contribution in [0.3, 0.4) is 0 Å². The number of hydrogen-bond donors (Lipinski definition) is 3. The van der Waals surface area contributed by atoms with Crippen LogP contribution < -0.4 is 5.32 Å². The molecule has 0 bridgehead atoms. The molecule has 5 heteroatoms. The molecule has 0 aromatic heterocycles. The average Bonchev–Trinajstić information content (AvgIpc) is 2.93. The molecule has 1 fully saturated rings. The molecule has 5 nitrogen and oxygen atoms in total. The van der Waals surface area contributed by atoms with Gasteiger partial charge in [0.2, 0.25) is 5.91 Å². The van der Waals surface area contributed by atoms with Crippen molar-refractivity contribution in [2.24, 2.45) is 29.1 Å². The van der Waals surface area contributed by atoms with Gasteiger partial charge in [-0.3, -0.25) is 9.59 Å². The van der Waals surface area contributed by atoms with Gasteiger partial charge in [-0.25, -0.2) is 0 Å². The van der Waals surface area contributed by atoms with E-state index in [1.807, 2.05) is 13.0 Å². The van der Waals surface area contributed by atoms with E-state index in [-0.39, 0.29) is 35.5 Å². The van der Waals surface area contributed by atoms with Crippen LogP contribution in [0.4, 0.5) is 0 Å². The van der Waals surface area contributed by atoms with Crippen LogP contribution in [0, 0.1) is 29.1 Å². The monoisotopic (exact) mass is 401 g/mol. The Morgan fingerprint density at radius 1 is 1.21 bits per heavy atom. The second-order valence-electron chi connectivity index (χ2n) is 9.66. The number of aliphatic hydroxyl groups excluding tert-OH is 2. The number of hydrogen-bond acceptors (Lipinski definition) is 4. The number of ketones is 1. The molecule has 0 aromatic rings. The van der Waals surface area contributed by atoms with Crippen molar-refractivity contribution >= 4 is 11.7 Å². The first-order valence-electron chi connectivity index (χ1n) is 10.8. The van der Waals surface area contributed by atoms with Crippen LogP contribution in [0.1, 0.15) is 53.9 Å². The molecule has 29 heavy (non-hydrogen) atoms. The van der Waals surface area contributed by atoms with E-state index in [4.69, 9.17) is 0 Å².